The van der Waals surface area contributed by atoms with Gasteiger partial charge >= 0.3 is 5.97 Å². The lowest BCUT2D eigenvalue weighted by Gasteiger charge is -2.42. The van der Waals surface area contributed by atoms with Gasteiger partial charge in [0.2, 0.25) is 0 Å². The van der Waals surface area contributed by atoms with Crippen molar-refractivity contribution in [3.63, 3.8) is 0 Å². The van der Waals surface area contributed by atoms with Gasteiger partial charge in [-0.05, 0) is 62.1 Å². The molecule has 3 atom stereocenters. The van der Waals surface area contributed by atoms with Crippen LogP contribution in [0.15, 0.2) is 36.4 Å². The van der Waals surface area contributed by atoms with Crippen LogP contribution in [0, 0.1) is 5.92 Å². The molecule has 0 bridgehead atoms. The van der Waals surface area contributed by atoms with Gasteiger partial charge in [0, 0.05) is 48.0 Å². The standard InChI is InChI=1S/C25H30Cl3N3O2/c1-16(21-7-5-18(26)14-23(21)28)29-24-15-20(6-8-22(24)27)31-11-9-30(10-12-31)19-4-2-3-17(13-19)25(32)33/h5-8,14-17,19,29H,2-4,9-13H2,1H3,(H,32,33)/t16-,17?,19?/m1/s1. The maximum Gasteiger partial charge on any atom is 0.306 e. The maximum absolute atomic E-state index is 11.4. The largest absolute Gasteiger partial charge is 0.481 e. The Bertz CT molecular complexity index is 995. The molecule has 178 valence electrons. The Balaban J connectivity index is 1.39. The third kappa shape index (κ3) is 5.89. The number of piperazine rings is 1. The zero-order valence-electron chi connectivity index (χ0n) is 18.7. The minimum Gasteiger partial charge on any atom is -0.481 e. The molecule has 1 saturated carbocycles. The molecule has 5 nitrogen and oxygen atoms in total. The number of carboxylic acid groups (broad SMARTS) is 1. The smallest absolute Gasteiger partial charge is 0.306 e. The Hall–Kier alpha value is -1.66. The van der Waals surface area contributed by atoms with Crippen molar-refractivity contribution in [3.8, 4) is 0 Å². The first-order valence-corrected chi connectivity index (χ1v) is 12.7. The number of aliphatic carboxylic acids is 1. The summed E-state index contributed by atoms with van der Waals surface area (Å²) in [5.74, 6) is -0.837. The van der Waals surface area contributed by atoms with E-state index in [0.717, 1.165) is 68.8 Å². The van der Waals surface area contributed by atoms with Gasteiger partial charge in [-0.2, -0.15) is 0 Å². The average Bonchev–Trinajstić information content (AvgIpc) is 2.80. The van der Waals surface area contributed by atoms with E-state index >= 15 is 0 Å². The van der Waals surface area contributed by atoms with Gasteiger partial charge < -0.3 is 15.3 Å². The van der Waals surface area contributed by atoms with Crippen LogP contribution in [0.25, 0.3) is 0 Å². The summed E-state index contributed by atoms with van der Waals surface area (Å²) in [6.07, 6.45) is 3.69. The quantitative estimate of drug-likeness (QED) is 0.459. The monoisotopic (exact) mass is 509 g/mol. The summed E-state index contributed by atoms with van der Waals surface area (Å²) in [6, 6.07) is 12.0. The Labute approximate surface area is 210 Å². The topological polar surface area (TPSA) is 55.8 Å². The van der Waals surface area contributed by atoms with Gasteiger partial charge in [0.25, 0.3) is 0 Å². The van der Waals surface area contributed by atoms with Crippen LogP contribution in [0.4, 0.5) is 11.4 Å². The molecule has 2 aliphatic rings. The van der Waals surface area contributed by atoms with Gasteiger partial charge in [0.15, 0.2) is 0 Å². The van der Waals surface area contributed by atoms with Crippen molar-refractivity contribution >= 4 is 52.1 Å². The van der Waals surface area contributed by atoms with Crippen LogP contribution in [0.5, 0.6) is 0 Å². The normalized spacial score (nSPS) is 22.7. The number of benzene rings is 2. The van der Waals surface area contributed by atoms with E-state index < -0.39 is 5.97 Å². The van der Waals surface area contributed by atoms with Crippen LogP contribution in [0.3, 0.4) is 0 Å². The fourth-order valence-electron chi connectivity index (χ4n) is 5.05. The summed E-state index contributed by atoms with van der Waals surface area (Å²) in [5.41, 5.74) is 2.96. The molecule has 4 rings (SSSR count). The summed E-state index contributed by atoms with van der Waals surface area (Å²) in [7, 11) is 0. The van der Waals surface area contributed by atoms with E-state index in [9.17, 15) is 9.90 Å². The molecule has 1 aliphatic carbocycles. The van der Waals surface area contributed by atoms with Gasteiger partial charge in [-0.3, -0.25) is 9.69 Å². The number of nitrogens with one attached hydrogen (secondary N) is 1. The molecule has 2 N–H and O–H groups in total. The van der Waals surface area contributed by atoms with Gasteiger partial charge in [0.1, 0.15) is 0 Å². The van der Waals surface area contributed by atoms with E-state index in [1.807, 2.05) is 25.1 Å². The van der Waals surface area contributed by atoms with Crippen molar-refractivity contribution in [2.45, 2.75) is 44.7 Å². The van der Waals surface area contributed by atoms with Crippen LogP contribution in [0.1, 0.15) is 44.2 Å². The number of nitrogens with zero attached hydrogens (tertiary/aromatic N) is 2. The van der Waals surface area contributed by atoms with Crippen molar-refractivity contribution in [2.75, 3.05) is 36.4 Å². The third-order valence-electron chi connectivity index (χ3n) is 6.94. The second kappa shape index (κ2) is 10.7. The Kier molecular flexibility index (Phi) is 7.95. The highest BCUT2D eigenvalue weighted by atomic mass is 35.5. The molecule has 2 aromatic rings. The maximum atomic E-state index is 11.4. The molecule has 2 fully saturated rings. The number of halogens is 3. The molecule has 1 heterocycles. The van der Waals surface area contributed by atoms with E-state index in [4.69, 9.17) is 34.8 Å². The van der Waals surface area contributed by atoms with Crippen LogP contribution in [-0.2, 0) is 4.79 Å². The summed E-state index contributed by atoms with van der Waals surface area (Å²) in [6.45, 7) is 5.76. The summed E-state index contributed by atoms with van der Waals surface area (Å²) in [4.78, 5) is 16.3. The molecule has 0 aromatic heterocycles. The Morgan fingerprint density at radius 2 is 1.79 bits per heavy atom. The molecule has 1 saturated heterocycles. The molecule has 0 spiro atoms. The molecule has 1 aliphatic heterocycles. The minimum absolute atomic E-state index is 0.0344. The molecule has 0 radical (unpaired) electrons. The van der Waals surface area contributed by atoms with Crippen molar-refractivity contribution in [1.29, 1.82) is 0 Å². The summed E-state index contributed by atoms with van der Waals surface area (Å²) in [5, 5.41) is 14.8. The van der Waals surface area contributed by atoms with Gasteiger partial charge in [-0.25, -0.2) is 0 Å². The molecule has 8 heteroatoms. The van der Waals surface area contributed by atoms with Crippen molar-refractivity contribution in [2.24, 2.45) is 5.92 Å². The number of hydrogen-bond acceptors (Lipinski definition) is 4. The number of anilines is 2. The number of carboxylic acids is 1. The first-order chi connectivity index (χ1) is 15.8. The van der Waals surface area contributed by atoms with Crippen LogP contribution >= 0.6 is 34.8 Å². The lowest BCUT2D eigenvalue weighted by atomic mass is 9.85. The predicted molar refractivity (Wildman–Crippen MR) is 137 cm³/mol. The Morgan fingerprint density at radius 3 is 2.48 bits per heavy atom. The van der Waals surface area contributed by atoms with Crippen molar-refractivity contribution < 1.29 is 9.90 Å². The second-order valence-corrected chi connectivity index (χ2v) is 10.3. The summed E-state index contributed by atoms with van der Waals surface area (Å²) >= 11 is 18.9. The van der Waals surface area contributed by atoms with Gasteiger partial charge in [0.05, 0.1) is 22.7 Å². The third-order valence-corrected chi connectivity index (χ3v) is 7.83. The number of rotatable bonds is 6. The molecular formula is C25H30Cl3N3O2. The second-order valence-electron chi connectivity index (χ2n) is 9.07. The van der Waals surface area contributed by atoms with Crippen LogP contribution in [0.2, 0.25) is 15.1 Å². The van der Waals surface area contributed by atoms with E-state index in [2.05, 4.69) is 27.2 Å². The highest BCUT2D eigenvalue weighted by Crippen LogP contribution is 2.34. The number of carbonyl (C=O) groups is 1. The SMILES string of the molecule is C[C@@H](Nc1cc(N2CCN(C3CCCC(C(=O)O)C3)CC2)ccc1Cl)c1ccc(Cl)cc1Cl. The predicted octanol–water partition coefficient (Wildman–Crippen LogP) is 6.59. The van der Waals surface area contributed by atoms with E-state index in [1.54, 1.807) is 6.07 Å². The first-order valence-electron chi connectivity index (χ1n) is 11.5. The first kappa shape index (κ1) is 24.5. The van der Waals surface area contributed by atoms with Crippen molar-refractivity contribution in [1.82, 2.24) is 4.90 Å². The minimum atomic E-state index is -0.645. The lowest BCUT2D eigenvalue weighted by molar-refractivity contribution is -0.143. The van der Waals surface area contributed by atoms with E-state index in [1.165, 1.54) is 0 Å². The molecule has 2 unspecified atom stereocenters. The fraction of sp³-hybridized carbons (Fsp3) is 0.480. The van der Waals surface area contributed by atoms with Crippen LogP contribution < -0.4 is 10.2 Å². The molecular weight excluding hydrogens is 481 g/mol. The van der Waals surface area contributed by atoms with E-state index in [-0.39, 0.29) is 12.0 Å². The lowest BCUT2D eigenvalue weighted by Crippen LogP contribution is -2.51. The molecule has 0 amide bonds. The average molecular weight is 511 g/mol. The van der Waals surface area contributed by atoms with E-state index in [0.29, 0.717) is 21.1 Å². The van der Waals surface area contributed by atoms with Gasteiger partial charge in [-0.1, -0.05) is 47.3 Å². The molecule has 2 aromatic carbocycles. The van der Waals surface area contributed by atoms with Gasteiger partial charge in [-0.15, -0.1) is 0 Å². The highest BCUT2D eigenvalue weighted by molar-refractivity contribution is 6.35. The fourth-order valence-corrected chi connectivity index (χ4v) is 5.79. The Morgan fingerprint density at radius 1 is 1.03 bits per heavy atom. The zero-order valence-corrected chi connectivity index (χ0v) is 21.0. The van der Waals surface area contributed by atoms with Crippen molar-refractivity contribution in [3.05, 3.63) is 57.0 Å². The molecule has 33 heavy (non-hydrogen) atoms. The van der Waals surface area contributed by atoms with Crippen LogP contribution in [-0.4, -0.2) is 48.2 Å². The highest BCUT2D eigenvalue weighted by Gasteiger charge is 2.32. The number of hydrogen-bond donors (Lipinski definition) is 2. The zero-order chi connectivity index (χ0) is 23.5. The summed E-state index contributed by atoms with van der Waals surface area (Å²) < 4.78 is 0.